The van der Waals surface area contributed by atoms with Crippen LogP contribution in [0.2, 0.25) is 0 Å². The Bertz CT molecular complexity index is 736. The smallest absolute Gasteiger partial charge is 0.163 e. The second-order valence-electron chi connectivity index (χ2n) is 5.15. The first-order chi connectivity index (χ1) is 11.6. The first kappa shape index (κ1) is 17.5. The summed E-state index contributed by atoms with van der Waals surface area (Å²) in [5.74, 6) is 1.45. The van der Waals surface area contributed by atoms with E-state index < -0.39 is 0 Å². The maximum absolute atomic E-state index is 12.3. The van der Waals surface area contributed by atoms with Crippen LogP contribution < -0.4 is 14.2 Å². The van der Waals surface area contributed by atoms with Crippen molar-refractivity contribution in [3.63, 3.8) is 0 Å². The van der Waals surface area contributed by atoms with Gasteiger partial charge in [0.15, 0.2) is 23.1 Å². The van der Waals surface area contributed by atoms with Gasteiger partial charge in [-0.25, -0.2) is 0 Å². The van der Waals surface area contributed by atoms with Gasteiger partial charge in [-0.2, -0.15) is 0 Å². The highest BCUT2D eigenvalue weighted by Gasteiger charge is 2.14. The third kappa shape index (κ3) is 4.13. The van der Waals surface area contributed by atoms with Crippen molar-refractivity contribution in [2.45, 2.75) is 12.8 Å². The molecule has 0 fully saturated rings. The summed E-state index contributed by atoms with van der Waals surface area (Å²) < 4.78 is 15.4. The quantitative estimate of drug-likeness (QED) is 0.693. The molecule has 2 rings (SSSR count). The standard InChI is InChI=1S/C19H20O5/c1-22-15-6-4-5-13(11-15)16(20)8-9-17(21)14-7-10-18(23-2)19(12-14)24-3/h4-7,10-12H,8-9H2,1-3H3. The van der Waals surface area contributed by atoms with Gasteiger partial charge in [0.2, 0.25) is 0 Å². The molecule has 5 nitrogen and oxygen atoms in total. The molecule has 126 valence electrons. The molecule has 0 saturated carbocycles. The zero-order valence-corrected chi connectivity index (χ0v) is 14.0. The lowest BCUT2D eigenvalue weighted by Crippen LogP contribution is -2.06. The summed E-state index contributed by atoms with van der Waals surface area (Å²) in [5.41, 5.74) is 1.03. The third-order valence-corrected chi connectivity index (χ3v) is 3.68. The molecular formula is C19H20O5. The highest BCUT2D eigenvalue weighted by Crippen LogP contribution is 2.28. The Balaban J connectivity index is 2.03. The molecule has 0 heterocycles. The number of carbonyl (C=O) groups excluding carboxylic acids is 2. The SMILES string of the molecule is COc1cccc(C(=O)CCC(=O)c2ccc(OC)c(OC)c2)c1. The van der Waals surface area contributed by atoms with Crippen LogP contribution in [0.1, 0.15) is 33.6 Å². The van der Waals surface area contributed by atoms with Gasteiger partial charge in [-0.05, 0) is 30.3 Å². The second kappa shape index (κ2) is 8.15. The number of ketones is 2. The number of methoxy groups -OCH3 is 3. The van der Waals surface area contributed by atoms with Crippen LogP contribution in [0.5, 0.6) is 17.2 Å². The highest BCUT2D eigenvalue weighted by atomic mass is 16.5. The molecule has 0 aromatic heterocycles. The molecule has 0 aliphatic carbocycles. The Morgan fingerprint density at radius 3 is 1.96 bits per heavy atom. The summed E-state index contributed by atoms with van der Waals surface area (Å²) >= 11 is 0. The van der Waals surface area contributed by atoms with Gasteiger partial charge in [-0.3, -0.25) is 9.59 Å². The van der Waals surface area contributed by atoms with Gasteiger partial charge >= 0.3 is 0 Å². The van der Waals surface area contributed by atoms with E-state index in [2.05, 4.69) is 0 Å². The first-order valence-corrected chi connectivity index (χ1v) is 7.51. The number of hydrogen-bond donors (Lipinski definition) is 0. The fourth-order valence-corrected chi connectivity index (χ4v) is 2.32. The molecule has 0 radical (unpaired) electrons. The van der Waals surface area contributed by atoms with E-state index in [1.54, 1.807) is 49.6 Å². The third-order valence-electron chi connectivity index (χ3n) is 3.68. The molecule has 0 bridgehead atoms. The number of rotatable bonds is 8. The normalized spacial score (nSPS) is 10.1. The van der Waals surface area contributed by atoms with Gasteiger partial charge in [0.05, 0.1) is 21.3 Å². The predicted molar refractivity (Wildman–Crippen MR) is 90.4 cm³/mol. The Labute approximate surface area is 141 Å². The molecule has 24 heavy (non-hydrogen) atoms. The van der Waals surface area contributed by atoms with Crippen LogP contribution in [0.4, 0.5) is 0 Å². The van der Waals surface area contributed by atoms with Crippen molar-refractivity contribution in [3.8, 4) is 17.2 Å². The van der Waals surface area contributed by atoms with Gasteiger partial charge in [0.1, 0.15) is 5.75 Å². The lowest BCUT2D eigenvalue weighted by atomic mass is 10.0. The van der Waals surface area contributed by atoms with E-state index in [1.165, 1.54) is 14.2 Å². The van der Waals surface area contributed by atoms with Gasteiger partial charge in [0.25, 0.3) is 0 Å². The summed E-state index contributed by atoms with van der Waals surface area (Å²) in [6.45, 7) is 0. The fourth-order valence-electron chi connectivity index (χ4n) is 2.32. The van der Waals surface area contributed by atoms with Crippen LogP contribution in [0, 0.1) is 0 Å². The highest BCUT2D eigenvalue weighted by molar-refractivity contribution is 6.02. The van der Waals surface area contributed by atoms with Crippen LogP contribution in [-0.4, -0.2) is 32.9 Å². The van der Waals surface area contributed by atoms with Crippen molar-refractivity contribution in [2.75, 3.05) is 21.3 Å². The van der Waals surface area contributed by atoms with Gasteiger partial charge in [0, 0.05) is 24.0 Å². The Kier molecular flexibility index (Phi) is 5.95. The van der Waals surface area contributed by atoms with Gasteiger partial charge in [-0.15, -0.1) is 0 Å². The Morgan fingerprint density at radius 1 is 0.750 bits per heavy atom. The summed E-state index contributed by atoms with van der Waals surface area (Å²) in [6.07, 6.45) is 0.270. The Morgan fingerprint density at radius 2 is 1.38 bits per heavy atom. The summed E-state index contributed by atoms with van der Waals surface area (Å²) in [5, 5.41) is 0. The second-order valence-corrected chi connectivity index (χ2v) is 5.15. The van der Waals surface area contributed by atoms with Crippen molar-refractivity contribution < 1.29 is 23.8 Å². The molecule has 0 aliphatic heterocycles. The van der Waals surface area contributed by atoms with Crippen LogP contribution >= 0.6 is 0 Å². The number of Topliss-reactive ketones (excluding diaryl/α,β-unsaturated/α-hetero) is 2. The number of carbonyl (C=O) groups is 2. The molecule has 2 aromatic rings. The van der Waals surface area contributed by atoms with E-state index >= 15 is 0 Å². The van der Waals surface area contributed by atoms with Crippen LogP contribution in [0.25, 0.3) is 0 Å². The zero-order chi connectivity index (χ0) is 17.5. The largest absolute Gasteiger partial charge is 0.497 e. The minimum absolute atomic E-state index is 0.0947. The monoisotopic (exact) mass is 328 g/mol. The molecular weight excluding hydrogens is 308 g/mol. The van der Waals surface area contributed by atoms with Crippen molar-refractivity contribution >= 4 is 11.6 Å². The molecule has 0 spiro atoms. The average molecular weight is 328 g/mol. The topological polar surface area (TPSA) is 61.8 Å². The van der Waals surface area contributed by atoms with Crippen molar-refractivity contribution in [1.82, 2.24) is 0 Å². The minimum atomic E-state index is -0.118. The number of hydrogen-bond acceptors (Lipinski definition) is 5. The minimum Gasteiger partial charge on any atom is -0.497 e. The average Bonchev–Trinajstić information content (AvgIpc) is 2.65. The van der Waals surface area contributed by atoms with E-state index in [-0.39, 0.29) is 24.4 Å². The molecule has 0 unspecified atom stereocenters. The first-order valence-electron chi connectivity index (χ1n) is 7.51. The van der Waals surface area contributed by atoms with E-state index in [1.807, 2.05) is 0 Å². The molecule has 0 N–H and O–H groups in total. The molecule has 0 atom stereocenters. The fraction of sp³-hybridized carbons (Fsp3) is 0.263. The van der Waals surface area contributed by atoms with E-state index in [4.69, 9.17) is 14.2 Å². The predicted octanol–water partition coefficient (Wildman–Crippen LogP) is 3.56. The van der Waals surface area contributed by atoms with E-state index in [9.17, 15) is 9.59 Å². The van der Waals surface area contributed by atoms with E-state index in [0.717, 1.165) is 0 Å². The lowest BCUT2D eigenvalue weighted by Gasteiger charge is -2.09. The van der Waals surface area contributed by atoms with Crippen LogP contribution in [0.3, 0.4) is 0 Å². The number of benzene rings is 2. The summed E-state index contributed by atoms with van der Waals surface area (Å²) in [4.78, 5) is 24.5. The summed E-state index contributed by atoms with van der Waals surface area (Å²) in [7, 11) is 4.59. The molecule has 0 aliphatic rings. The van der Waals surface area contributed by atoms with Crippen molar-refractivity contribution in [1.29, 1.82) is 0 Å². The Hall–Kier alpha value is -2.82. The van der Waals surface area contributed by atoms with Gasteiger partial charge in [-0.1, -0.05) is 12.1 Å². The van der Waals surface area contributed by atoms with E-state index in [0.29, 0.717) is 28.4 Å². The van der Waals surface area contributed by atoms with Crippen LogP contribution in [0.15, 0.2) is 42.5 Å². The van der Waals surface area contributed by atoms with Crippen molar-refractivity contribution in [2.24, 2.45) is 0 Å². The molecule has 0 amide bonds. The molecule has 0 saturated heterocycles. The maximum atomic E-state index is 12.3. The van der Waals surface area contributed by atoms with Gasteiger partial charge < -0.3 is 14.2 Å². The zero-order valence-electron chi connectivity index (χ0n) is 14.0. The molecule has 5 heteroatoms. The van der Waals surface area contributed by atoms with Crippen LogP contribution in [-0.2, 0) is 0 Å². The van der Waals surface area contributed by atoms with Crippen molar-refractivity contribution in [3.05, 3.63) is 53.6 Å². The maximum Gasteiger partial charge on any atom is 0.163 e. The molecule has 2 aromatic carbocycles. The number of ether oxygens (including phenoxy) is 3. The summed E-state index contributed by atoms with van der Waals surface area (Å²) in [6, 6.07) is 11.9. The lowest BCUT2D eigenvalue weighted by molar-refractivity contribution is 0.0917.